The predicted molar refractivity (Wildman–Crippen MR) is 167 cm³/mol. The third-order valence-electron chi connectivity index (χ3n) is 8.44. The summed E-state index contributed by atoms with van der Waals surface area (Å²) in [6, 6.07) is 9.90. The first-order valence-electron chi connectivity index (χ1n) is 15.5. The predicted octanol–water partition coefficient (Wildman–Crippen LogP) is 3.65. The number of nitrogens with zero attached hydrogens (tertiary/aromatic N) is 4. The van der Waals surface area contributed by atoms with Crippen molar-refractivity contribution in [3.05, 3.63) is 70.6 Å². The standard InChI is InChI=1S/C33H44N6O5/c1-21(2)30-14-26(15-32(37-30)36-27-8-11-39(12-9-27)23(4)40)33(42)34-16-28(41)18-38-10-7-24-13-29(6-5-25(24)17-38)43-19-31-22(3)35-20-44-31/h5-6,13-15,20-21,27-28,41H,7-12,16-19H2,1-4H3,(H,34,42)(H,36,37). The molecule has 2 aliphatic heterocycles. The monoisotopic (exact) mass is 604 g/mol. The Labute approximate surface area is 259 Å². The molecule has 11 heteroatoms. The van der Waals surface area contributed by atoms with Crippen LogP contribution in [0.25, 0.3) is 0 Å². The summed E-state index contributed by atoms with van der Waals surface area (Å²) >= 11 is 0. The van der Waals surface area contributed by atoms with Crippen LogP contribution in [0, 0.1) is 6.92 Å². The van der Waals surface area contributed by atoms with Crippen molar-refractivity contribution in [3.8, 4) is 5.75 Å². The highest BCUT2D eigenvalue weighted by molar-refractivity contribution is 5.95. The zero-order valence-electron chi connectivity index (χ0n) is 26.1. The lowest BCUT2D eigenvalue weighted by Crippen LogP contribution is -2.42. The van der Waals surface area contributed by atoms with Crippen LogP contribution in [0.15, 0.2) is 41.1 Å². The quantitative estimate of drug-likeness (QED) is 0.300. The maximum Gasteiger partial charge on any atom is 0.251 e. The number of carbonyl (C=O) groups is 2. The van der Waals surface area contributed by atoms with E-state index in [0.717, 1.165) is 55.2 Å². The second kappa shape index (κ2) is 14.2. The zero-order valence-corrected chi connectivity index (χ0v) is 26.1. The number of piperidine rings is 1. The van der Waals surface area contributed by atoms with E-state index in [9.17, 15) is 14.7 Å². The molecule has 3 aromatic rings. The molecule has 1 saturated heterocycles. The molecule has 0 saturated carbocycles. The zero-order chi connectivity index (χ0) is 31.2. The van der Waals surface area contributed by atoms with Gasteiger partial charge in [0.15, 0.2) is 12.2 Å². The van der Waals surface area contributed by atoms with Gasteiger partial charge in [0, 0.05) is 63.5 Å². The molecular formula is C33H44N6O5. The summed E-state index contributed by atoms with van der Waals surface area (Å²) < 4.78 is 11.3. The molecule has 44 heavy (non-hydrogen) atoms. The fourth-order valence-electron chi connectivity index (χ4n) is 5.72. The number of anilines is 1. The lowest BCUT2D eigenvalue weighted by atomic mass is 9.99. The van der Waals surface area contributed by atoms with Crippen molar-refractivity contribution in [2.75, 3.05) is 38.0 Å². The number of aromatic nitrogens is 2. The summed E-state index contributed by atoms with van der Waals surface area (Å²) in [5.41, 5.74) is 4.62. The maximum atomic E-state index is 13.2. The van der Waals surface area contributed by atoms with E-state index in [1.54, 1.807) is 13.0 Å². The summed E-state index contributed by atoms with van der Waals surface area (Å²) in [6.07, 6.45) is 3.24. The Morgan fingerprint density at radius 2 is 1.93 bits per heavy atom. The number of aliphatic hydroxyl groups is 1. The highest BCUT2D eigenvalue weighted by atomic mass is 16.5. The van der Waals surface area contributed by atoms with Gasteiger partial charge < -0.3 is 29.8 Å². The SMILES string of the molecule is CC(=O)N1CCC(Nc2cc(C(=O)NCC(O)CN3CCc4cc(OCc5ocnc5C)ccc4C3)cc(C(C)C)n2)CC1. The van der Waals surface area contributed by atoms with Gasteiger partial charge in [-0.3, -0.25) is 14.5 Å². The van der Waals surface area contributed by atoms with Gasteiger partial charge in [-0.25, -0.2) is 9.97 Å². The number of aliphatic hydroxyl groups excluding tert-OH is 1. The van der Waals surface area contributed by atoms with Gasteiger partial charge in [-0.1, -0.05) is 19.9 Å². The Hall–Kier alpha value is -3.96. The number of likely N-dealkylation sites (tertiary alicyclic amines) is 1. The number of benzene rings is 1. The number of nitrogens with one attached hydrogen (secondary N) is 2. The molecule has 2 aliphatic rings. The molecule has 1 fully saturated rings. The van der Waals surface area contributed by atoms with Crippen LogP contribution in [-0.2, 0) is 24.4 Å². The van der Waals surface area contributed by atoms with E-state index in [1.165, 1.54) is 17.5 Å². The number of hydrogen-bond donors (Lipinski definition) is 3. The Kier molecular flexibility index (Phi) is 10.2. The van der Waals surface area contributed by atoms with Crippen LogP contribution < -0.4 is 15.4 Å². The molecule has 5 rings (SSSR count). The summed E-state index contributed by atoms with van der Waals surface area (Å²) in [5, 5.41) is 17.2. The Morgan fingerprint density at radius 1 is 1.14 bits per heavy atom. The van der Waals surface area contributed by atoms with E-state index in [-0.39, 0.29) is 30.3 Å². The maximum absolute atomic E-state index is 13.2. The number of oxazole rings is 1. The van der Waals surface area contributed by atoms with Gasteiger partial charge in [0.2, 0.25) is 5.91 Å². The molecule has 0 bridgehead atoms. The molecule has 11 nitrogen and oxygen atoms in total. The highest BCUT2D eigenvalue weighted by Gasteiger charge is 2.23. The van der Waals surface area contributed by atoms with Crippen molar-refractivity contribution >= 4 is 17.6 Å². The highest BCUT2D eigenvalue weighted by Crippen LogP contribution is 2.25. The van der Waals surface area contributed by atoms with Gasteiger partial charge in [-0.2, -0.15) is 0 Å². The Balaban J connectivity index is 1.11. The van der Waals surface area contributed by atoms with Gasteiger partial charge in [0.05, 0.1) is 11.8 Å². The molecular weight excluding hydrogens is 560 g/mol. The van der Waals surface area contributed by atoms with Gasteiger partial charge in [0.25, 0.3) is 5.91 Å². The van der Waals surface area contributed by atoms with Crippen LogP contribution in [0.2, 0.25) is 0 Å². The van der Waals surface area contributed by atoms with Crippen molar-refractivity contribution in [1.29, 1.82) is 0 Å². The Morgan fingerprint density at radius 3 is 2.64 bits per heavy atom. The van der Waals surface area contributed by atoms with E-state index in [2.05, 4.69) is 32.7 Å². The van der Waals surface area contributed by atoms with E-state index < -0.39 is 6.10 Å². The fourth-order valence-corrected chi connectivity index (χ4v) is 5.72. The molecule has 2 aromatic heterocycles. The van der Waals surface area contributed by atoms with Crippen molar-refractivity contribution in [2.45, 2.75) is 78.2 Å². The van der Waals surface area contributed by atoms with Crippen molar-refractivity contribution < 1.29 is 23.8 Å². The number of amides is 2. The van der Waals surface area contributed by atoms with Gasteiger partial charge in [0.1, 0.15) is 18.2 Å². The Bertz CT molecular complexity index is 1450. The molecule has 4 heterocycles. The largest absolute Gasteiger partial charge is 0.486 e. The third kappa shape index (κ3) is 8.15. The molecule has 1 atom stereocenters. The van der Waals surface area contributed by atoms with Crippen molar-refractivity contribution in [1.82, 2.24) is 25.1 Å². The molecule has 1 unspecified atom stereocenters. The first-order valence-corrected chi connectivity index (χ1v) is 15.5. The minimum Gasteiger partial charge on any atom is -0.486 e. The summed E-state index contributed by atoms with van der Waals surface area (Å²) in [6.45, 7) is 11.5. The lowest BCUT2D eigenvalue weighted by molar-refractivity contribution is -0.129. The van der Waals surface area contributed by atoms with E-state index in [1.807, 2.05) is 37.8 Å². The molecule has 0 aliphatic carbocycles. The number of ether oxygens (including phenoxy) is 1. The number of carbonyl (C=O) groups excluding carboxylic acids is 2. The third-order valence-corrected chi connectivity index (χ3v) is 8.44. The summed E-state index contributed by atoms with van der Waals surface area (Å²) in [5.74, 6) is 2.19. The van der Waals surface area contributed by atoms with Crippen LogP contribution in [0.1, 0.15) is 78.2 Å². The average molecular weight is 605 g/mol. The molecule has 3 N–H and O–H groups in total. The fraction of sp³-hybridized carbons (Fsp3) is 0.515. The van der Waals surface area contributed by atoms with Gasteiger partial charge >= 0.3 is 0 Å². The van der Waals surface area contributed by atoms with E-state index >= 15 is 0 Å². The van der Waals surface area contributed by atoms with Crippen LogP contribution in [0.4, 0.5) is 5.82 Å². The first-order chi connectivity index (χ1) is 21.1. The molecule has 0 radical (unpaired) electrons. The number of rotatable bonds is 11. The van der Waals surface area contributed by atoms with E-state index in [0.29, 0.717) is 37.6 Å². The van der Waals surface area contributed by atoms with Gasteiger partial charge in [-0.05, 0) is 67.5 Å². The molecule has 0 spiro atoms. The smallest absolute Gasteiger partial charge is 0.251 e. The molecule has 236 valence electrons. The summed E-state index contributed by atoms with van der Waals surface area (Å²) in [7, 11) is 0. The number of fused-ring (bicyclic) bond motifs is 1. The van der Waals surface area contributed by atoms with Crippen LogP contribution in [-0.4, -0.2) is 81.6 Å². The van der Waals surface area contributed by atoms with Crippen molar-refractivity contribution in [2.24, 2.45) is 0 Å². The van der Waals surface area contributed by atoms with Gasteiger partial charge in [-0.15, -0.1) is 0 Å². The van der Waals surface area contributed by atoms with Crippen LogP contribution in [0.5, 0.6) is 5.75 Å². The topological polar surface area (TPSA) is 133 Å². The molecule has 2 amide bonds. The lowest BCUT2D eigenvalue weighted by Gasteiger charge is -2.32. The number of β-amino-alcohol motifs (C(OH)–C–C–N with tert-alkyl or cyclic N) is 1. The van der Waals surface area contributed by atoms with E-state index in [4.69, 9.17) is 14.1 Å². The number of pyridine rings is 1. The van der Waals surface area contributed by atoms with Crippen LogP contribution >= 0.6 is 0 Å². The minimum atomic E-state index is -0.705. The van der Waals surface area contributed by atoms with Crippen molar-refractivity contribution in [3.63, 3.8) is 0 Å². The second-order valence-corrected chi connectivity index (χ2v) is 12.2. The number of hydrogen-bond acceptors (Lipinski definition) is 9. The first kappa shape index (κ1) is 31.5. The average Bonchev–Trinajstić information content (AvgIpc) is 3.43. The normalized spacial score (nSPS) is 16.5. The second-order valence-electron chi connectivity index (χ2n) is 12.2. The summed E-state index contributed by atoms with van der Waals surface area (Å²) in [4.78, 5) is 37.7. The molecule has 1 aromatic carbocycles. The number of aryl methyl sites for hydroxylation is 1. The minimum absolute atomic E-state index is 0.101. The van der Waals surface area contributed by atoms with Crippen LogP contribution in [0.3, 0.4) is 0 Å².